The van der Waals surface area contributed by atoms with Crippen LogP contribution in [0.5, 0.6) is 0 Å². The Kier molecular flexibility index (Phi) is 2.98. The summed E-state index contributed by atoms with van der Waals surface area (Å²) in [5.41, 5.74) is 2.57. The van der Waals surface area contributed by atoms with E-state index in [-0.39, 0.29) is 0 Å². The summed E-state index contributed by atoms with van der Waals surface area (Å²) in [6, 6.07) is 4.90. The van der Waals surface area contributed by atoms with E-state index in [2.05, 4.69) is 15.3 Å². The number of imidazole rings is 1. The number of hydrogen-bond donors (Lipinski definition) is 3. The second-order valence-electron chi connectivity index (χ2n) is 5.09. The summed E-state index contributed by atoms with van der Waals surface area (Å²) in [4.78, 5) is 19.1. The maximum atomic E-state index is 11.1. The number of rotatable bonds is 4. The van der Waals surface area contributed by atoms with Gasteiger partial charge in [0, 0.05) is 5.92 Å². The van der Waals surface area contributed by atoms with Gasteiger partial charge in [0.05, 0.1) is 11.0 Å². The highest BCUT2D eigenvalue weighted by atomic mass is 16.4. The lowest BCUT2D eigenvalue weighted by Crippen LogP contribution is -2.24. The summed E-state index contributed by atoms with van der Waals surface area (Å²) in [5.74, 6) is 0.714. The normalized spacial score (nSPS) is 17.3. The lowest BCUT2D eigenvalue weighted by molar-refractivity contribution is -0.139. The second kappa shape index (κ2) is 4.66. The van der Waals surface area contributed by atoms with E-state index in [1.807, 2.05) is 18.2 Å². The molecule has 0 saturated heterocycles. The first-order valence-corrected chi connectivity index (χ1v) is 6.58. The fraction of sp³-hybridized carbons (Fsp3) is 0.429. The van der Waals surface area contributed by atoms with Crippen LogP contribution < -0.4 is 5.32 Å². The van der Waals surface area contributed by atoms with E-state index < -0.39 is 12.0 Å². The molecule has 3 N–H and O–H groups in total. The molecule has 1 unspecified atom stereocenters. The van der Waals surface area contributed by atoms with E-state index in [0.717, 1.165) is 22.4 Å². The van der Waals surface area contributed by atoms with Crippen molar-refractivity contribution in [2.45, 2.75) is 31.2 Å². The number of carboxylic acids is 1. The molecule has 1 aliphatic carbocycles. The molecule has 2 aromatic rings. The molecule has 1 atom stereocenters. The number of fused-ring (bicyclic) bond motifs is 1. The number of carboxylic acid groups (broad SMARTS) is 1. The van der Waals surface area contributed by atoms with Crippen molar-refractivity contribution in [1.29, 1.82) is 0 Å². The highest BCUT2D eigenvalue weighted by Crippen LogP contribution is 2.35. The molecule has 0 amide bonds. The number of carbonyl (C=O) groups is 1. The van der Waals surface area contributed by atoms with E-state index >= 15 is 0 Å². The third kappa shape index (κ3) is 2.10. The number of hydrogen-bond acceptors (Lipinski definition) is 3. The fourth-order valence-electron chi connectivity index (χ4n) is 2.53. The largest absolute Gasteiger partial charge is 0.480 e. The Morgan fingerprint density at radius 1 is 1.53 bits per heavy atom. The van der Waals surface area contributed by atoms with E-state index in [1.54, 1.807) is 7.05 Å². The molecule has 0 bridgehead atoms. The van der Waals surface area contributed by atoms with Gasteiger partial charge < -0.3 is 15.4 Å². The van der Waals surface area contributed by atoms with Crippen molar-refractivity contribution >= 4 is 17.0 Å². The number of nitrogens with one attached hydrogen (secondary N) is 2. The van der Waals surface area contributed by atoms with Gasteiger partial charge in [-0.25, -0.2) is 4.98 Å². The second-order valence-corrected chi connectivity index (χ2v) is 5.09. The van der Waals surface area contributed by atoms with Gasteiger partial charge in [-0.1, -0.05) is 12.5 Å². The zero-order valence-corrected chi connectivity index (χ0v) is 10.8. The number of H-pyrrole nitrogens is 1. The van der Waals surface area contributed by atoms with Crippen LogP contribution >= 0.6 is 0 Å². The lowest BCUT2D eigenvalue weighted by Gasteiger charge is -2.22. The average Bonchev–Trinajstić information content (AvgIpc) is 2.69. The van der Waals surface area contributed by atoms with Crippen LogP contribution in [0.3, 0.4) is 0 Å². The molecule has 1 aliphatic rings. The lowest BCUT2D eigenvalue weighted by atomic mass is 9.85. The minimum atomic E-state index is -0.874. The third-order valence-electron chi connectivity index (χ3n) is 3.89. The highest BCUT2D eigenvalue weighted by molar-refractivity contribution is 5.80. The van der Waals surface area contributed by atoms with Gasteiger partial charge >= 0.3 is 5.97 Å². The first kappa shape index (κ1) is 12.2. The van der Waals surface area contributed by atoms with Gasteiger partial charge in [-0.3, -0.25) is 4.79 Å². The van der Waals surface area contributed by atoms with Crippen LogP contribution in [0.25, 0.3) is 11.0 Å². The summed E-state index contributed by atoms with van der Waals surface area (Å²) in [7, 11) is 1.65. The number of likely N-dealkylation sites (N-methyl/N-ethyl adjacent to an activating group) is 1. The van der Waals surface area contributed by atoms with E-state index in [4.69, 9.17) is 5.11 Å². The Bertz CT molecular complexity index is 616. The Hall–Kier alpha value is -1.88. The zero-order valence-electron chi connectivity index (χ0n) is 10.8. The first-order valence-electron chi connectivity index (χ1n) is 6.58. The number of aromatic amines is 1. The average molecular weight is 259 g/mol. The molecule has 0 spiro atoms. The number of aromatic nitrogens is 2. The van der Waals surface area contributed by atoms with Crippen LogP contribution in [-0.4, -0.2) is 28.1 Å². The predicted molar refractivity (Wildman–Crippen MR) is 72.1 cm³/mol. The minimum absolute atomic E-state index is 0.551. The van der Waals surface area contributed by atoms with Crippen molar-refractivity contribution in [2.75, 3.05) is 7.05 Å². The maximum Gasteiger partial charge on any atom is 0.325 e. The summed E-state index contributed by atoms with van der Waals surface area (Å²) >= 11 is 0. The molecular weight excluding hydrogens is 242 g/mol. The van der Waals surface area contributed by atoms with Gasteiger partial charge in [0.25, 0.3) is 0 Å². The molecule has 5 heteroatoms. The minimum Gasteiger partial charge on any atom is -0.480 e. The van der Waals surface area contributed by atoms with E-state index in [9.17, 15) is 4.79 Å². The Labute approximate surface area is 111 Å². The Balaban J connectivity index is 1.97. The summed E-state index contributed by atoms with van der Waals surface area (Å²) in [6.07, 6.45) is 3.66. The van der Waals surface area contributed by atoms with Crippen LogP contribution in [-0.2, 0) is 4.79 Å². The molecule has 19 heavy (non-hydrogen) atoms. The van der Waals surface area contributed by atoms with Gasteiger partial charge in [-0.05, 0) is 37.6 Å². The Morgan fingerprint density at radius 2 is 2.32 bits per heavy atom. The smallest absolute Gasteiger partial charge is 0.325 e. The molecule has 1 fully saturated rings. The predicted octanol–water partition coefficient (Wildman–Crippen LogP) is 2.18. The Morgan fingerprint density at radius 3 is 2.89 bits per heavy atom. The maximum absolute atomic E-state index is 11.1. The molecule has 1 heterocycles. The van der Waals surface area contributed by atoms with Crippen molar-refractivity contribution in [3.05, 3.63) is 29.6 Å². The molecule has 3 rings (SSSR count). The van der Waals surface area contributed by atoms with Gasteiger partial charge in [0.1, 0.15) is 11.9 Å². The summed E-state index contributed by atoms with van der Waals surface area (Å²) < 4.78 is 0. The molecule has 5 nitrogen and oxygen atoms in total. The quantitative estimate of drug-likeness (QED) is 0.786. The summed E-state index contributed by atoms with van der Waals surface area (Å²) in [5, 5.41) is 12.0. The van der Waals surface area contributed by atoms with Crippen molar-refractivity contribution in [1.82, 2.24) is 15.3 Å². The van der Waals surface area contributed by atoms with Gasteiger partial charge in [0.15, 0.2) is 0 Å². The third-order valence-corrected chi connectivity index (χ3v) is 3.89. The standard InChI is InChI=1S/C14H17N3O2/c1-15-12(14(18)19)9-5-6-10-11(7-9)17-13(16-10)8-3-2-4-8/h5-8,12,15H,2-4H2,1H3,(H,16,17)(H,18,19). The fourth-order valence-corrected chi connectivity index (χ4v) is 2.53. The molecular formula is C14H17N3O2. The van der Waals surface area contributed by atoms with Crippen LogP contribution in [0.2, 0.25) is 0 Å². The molecule has 1 aromatic heterocycles. The molecule has 0 radical (unpaired) electrons. The SMILES string of the molecule is CNC(C(=O)O)c1ccc2nc(C3CCC3)[nH]c2c1. The van der Waals surface area contributed by atoms with Crippen LogP contribution in [0.4, 0.5) is 0 Å². The van der Waals surface area contributed by atoms with Gasteiger partial charge in [-0.15, -0.1) is 0 Å². The van der Waals surface area contributed by atoms with Crippen LogP contribution in [0.15, 0.2) is 18.2 Å². The molecule has 0 aliphatic heterocycles. The monoisotopic (exact) mass is 259 g/mol. The van der Waals surface area contributed by atoms with E-state index in [0.29, 0.717) is 5.92 Å². The molecule has 1 saturated carbocycles. The van der Waals surface area contributed by atoms with E-state index in [1.165, 1.54) is 19.3 Å². The van der Waals surface area contributed by atoms with Gasteiger partial charge in [-0.2, -0.15) is 0 Å². The highest BCUT2D eigenvalue weighted by Gasteiger charge is 2.23. The first-order chi connectivity index (χ1) is 9.19. The number of nitrogens with zero attached hydrogens (tertiary/aromatic N) is 1. The van der Waals surface area contributed by atoms with Crippen LogP contribution in [0, 0.1) is 0 Å². The summed E-state index contributed by atoms with van der Waals surface area (Å²) in [6.45, 7) is 0. The van der Waals surface area contributed by atoms with Gasteiger partial charge in [0.2, 0.25) is 0 Å². The van der Waals surface area contributed by atoms with Crippen molar-refractivity contribution < 1.29 is 9.90 Å². The van der Waals surface area contributed by atoms with Crippen molar-refractivity contribution in [3.8, 4) is 0 Å². The number of benzene rings is 1. The van der Waals surface area contributed by atoms with Crippen LogP contribution in [0.1, 0.15) is 42.6 Å². The number of aliphatic carboxylic acids is 1. The van der Waals surface area contributed by atoms with Crippen molar-refractivity contribution in [2.24, 2.45) is 0 Å². The zero-order chi connectivity index (χ0) is 13.4. The molecule has 1 aromatic carbocycles. The topological polar surface area (TPSA) is 78.0 Å². The van der Waals surface area contributed by atoms with Crippen molar-refractivity contribution in [3.63, 3.8) is 0 Å². The molecule has 100 valence electrons.